The molecule has 27 heavy (non-hydrogen) atoms. The van der Waals surface area contributed by atoms with Gasteiger partial charge in [0, 0.05) is 15.6 Å². The van der Waals surface area contributed by atoms with Gasteiger partial charge in [0.2, 0.25) is 0 Å². The van der Waals surface area contributed by atoms with E-state index < -0.39 is 23.4 Å². The average Bonchev–Trinajstić information content (AvgIpc) is 2.85. The van der Waals surface area contributed by atoms with Gasteiger partial charge in [0.25, 0.3) is 5.91 Å². The summed E-state index contributed by atoms with van der Waals surface area (Å²) in [6.07, 6.45) is 0. The number of methoxy groups -OCH3 is 1. The maximum atomic E-state index is 13.0. The summed E-state index contributed by atoms with van der Waals surface area (Å²) in [5.41, 5.74) is 0.259. The van der Waals surface area contributed by atoms with E-state index in [0.29, 0.717) is 26.7 Å². The lowest BCUT2D eigenvalue weighted by molar-refractivity contribution is -0.131. The first-order valence-electron chi connectivity index (χ1n) is 8.03. The first-order chi connectivity index (χ1) is 12.8. The molecule has 1 fully saturated rings. The molecule has 0 bridgehead atoms. The van der Waals surface area contributed by atoms with Gasteiger partial charge in [-0.1, -0.05) is 41.4 Å². The predicted molar refractivity (Wildman–Crippen MR) is 101 cm³/mol. The molecule has 140 valence electrons. The van der Waals surface area contributed by atoms with Crippen molar-refractivity contribution < 1.29 is 19.1 Å². The number of imide groups is 1. The third-order valence-electron chi connectivity index (χ3n) is 4.46. The molecule has 1 N–H and O–H groups in total. The second-order valence-corrected chi connectivity index (χ2v) is 7.10. The van der Waals surface area contributed by atoms with Gasteiger partial charge >= 0.3 is 12.0 Å². The maximum absolute atomic E-state index is 13.0. The zero-order valence-corrected chi connectivity index (χ0v) is 16.1. The standard InChI is InChI=1S/C19H16Cl2N2O4/c1-19(14-8-7-13(20)9-15(14)21)17(25)23(18(26)22-19)10-11-3-5-12(6-4-11)16(24)27-2/h3-9H,10H2,1-2H3,(H,22,26)/t19-/m1/s1. The third-order valence-corrected chi connectivity index (χ3v) is 5.01. The fraction of sp³-hybridized carbons (Fsp3) is 0.211. The Morgan fingerprint density at radius 1 is 1.15 bits per heavy atom. The molecular weight excluding hydrogens is 391 g/mol. The number of esters is 1. The Hall–Kier alpha value is -2.57. The largest absolute Gasteiger partial charge is 0.465 e. The van der Waals surface area contributed by atoms with Gasteiger partial charge in [0.05, 0.1) is 19.2 Å². The highest BCUT2D eigenvalue weighted by Crippen LogP contribution is 2.35. The Bertz CT molecular complexity index is 930. The number of benzene rings is 2. The van der Waals surface area contributed by atoms with Gasteiger partial charge in [0.1, 0.15) is 5.54 Å². The number of halogens is 2. The van der Waals surface area contributed by atoms with Crippen LogP contribution in [0.4, 0.5) is 4.79 Å². The van der Waals surface area contributed by atoms with Crippen LogP contribution in [-0.4, -0.2) is 29.9 Å². The molecule has 0 aliphatic carbocycles. The van der Waals surface area contributed by atoms with Crippen LogP contribution in [0.5, 0.6) is 0 Å². The van der Waals surface area contributed by atoms with Crippen LogP contribution in [0.1, 0.15) is 28.4 Å². The highest BCUT2D eigenvalue weighted by molar-refractivity contribution is 6.35. The molecule has 1 aliphatic heterocycles. The summed E-state index contributed by atoms with van der Waals surface area (Å²) in [4.78, 5) is 38.0. The summed E-state index contributed by atoms with van der Waals surface area (Å²) in [7, 11) is 1.30. The average molecular weight is 407 g/mol. The third kappa shape index (κ3) is 3.50. The van der Waals surface area contributed by atoms with Gasteiger partial charge in [-0.15, -0.1) is 0 Å². The Morgan fingerprint density at radius 3 is 2.41 bits per heavy atom. The first kappa shape index (κ1) is 19.2. The molecule has 2 aromatic carbocycles. The smallest absolute Gasteiger partial charge is 0.337 e. The van der Waals surface area contributed by atoms with E-state index in [1.54, 1.807) is 43.3 Å². The second-order valence-electron chi connectivity index (χ2n) is 6.26. The predicted octanol–water partition coefficient (Wildman–Crippen LogP) is 3.75. The van der Waals surface area contributed by atoms with Crippen LogP contribution in [0.25, 0.3) is 0 Å². The van der Waals surface area contributed by atoms with Crippen molar-refractivity contribution in [2.75, 3.05) is 7.11 Å². The zero-order valence-electron chi connectivity index (χ0n) is 14.6. The molecule has 1 heterocycles. The number of nitrogens with one attached hydrogen (secondary N) is 1. The van der Waals surface area contributed by atoms with Crippen LogP contribution in [0.2, 0.25) is 10.0 Å². The number of amides is 3. The summed E-state index contributed by atoms with van der Waals surface area (Å²) in [6, 6.07) is 10.7. The number of carbonyl (C=O) groups excluding carboxylic acids is 3. The number of hydrogen-bond acceptors (Lipinski definition) is 4. The monoisotopic (exact) mass is 406 g/mol. The van der Waals surface area contributed by atoms with E-state index >= 15 is 0 Å². The number of nitrogens with zero attached hydrogens (tertiary/aromatic N) is 1. The zero-order chi connectivity index (χ0) is 19.8. The number of ether oxygens (including phenoxy) is 1. The number of urea groups is 1. The van der Waals surface area contributed by atoms with Crippen molar-refractivity contribution in [1.29, 1.82) is 0 Å². The van der Waals surface area contributed by atoms with Gasteiger partial charge in [-0.3, -0.25) is 9.69 Å². The van der Waals surface area contributed by atoms with Crippen molar-refractivity contribution >= 4 is 41.1 Å². The van der Waals surface area contributed by atoms with Crippen molar-refractivity contribution in [2.24, 2.45) is 0 Å². The summed E-state index contributed by atoms with van der Waals surface area (Å²) >= 11 is 12.1. The summed E-state index contributed by atoms with van der Waals surface area (Å²) in [6.45, 7) is 1.66. The maximum Gasteiger partial charge on any atom is 0.337 e. The lowest BCUT2D eigenvalue weighted by atomic mass is 9.92. The summed E-state index contributed by atoms with van der Waals surface area (Å²) in [5.74, 6) is -0.879. The van der Waals surface area contributed by atoms with E-state index in [1.165, 1.54) is 13.2 Å². The molecule has 0 saturated carbocycles. The molecule has 1 atom stereocenters. The fourth-order valence-corrected chi connectivity index (χ4v) is 3.56. The van der Waals surface area contributed by atoms with E-state index in [0.717, 1.165) is 4.90 Å². The van der Waals surface area contributed by atoms with E-state index in [2.05, 4.69) is 10.1 Å². The van der Waals surface area contributed by atoms with E-state index in [9.17, 15) is 14.4 Å². The van der Waals surface area contributed by atoms with E-state index in [4.69, 9.17) is 23.2 Å². The Morgan fingerprint density at radius 2 is 1.81 bits per heavy atom. The van der Waals surface area contributed by atoms with Crippen LogP contribution in [0.3, 0.4) is 0 Å². The van der Waals surface area contributed by atoms with Crippen molar-refractivity contribution in [2.45, 2.75) is 19.0 Å². The SMILES string of the molecule is COC(=O)c1ccc(CN2C(=O)N[C@](C)(c3ccc(Cl)cc3Cl)C2=O)cc1. The number of rotatable bonds is 4. The van der Waals surface area contributed by atoms with E-state index in [1.807, 2.05) is 0 Å². The molecule has 0 spiro atoms. The number of hydrogen-bond donors (Lipinski definition) is 1. The molecule has 0 aromatic heterocycles. The first-order valence-corrected chi connectivity index (χ1v) is 8.79. The number of carbonyl (C=O) groups is 3. The van der Waals surface area contributed by atoms with Crippen molar-refractivity contribution in [3.05, 3.63) is 69.2 Å². The van der Waals surface area contributed by atoms with Crippen LogP contribution in [-0.2, 0) is 21.6 Å². The normalized spacial score (nSPS) is 19.2. The van der Waals surface area contributed by atoms with Crippen molar-refractivity contribution in [3.63, 3.8) is 0 Å². The second kappa shape index (κ2) is 7.21. The Balaban J connectivity index is 1.85. The summed E-state index contributed by atoms with van der Waals surface area (Å²) < 4.78 is 4.65. The molecule has 3 amide bonds. The van der Waals surface area contributed by atoms with Crippen LogP contribution >= 0.6 is 23.2 Å². The highest BCUT2D eigenvalue weighted by atomic mass is 35.5. The summed E-state index contributed by atoms with van der Waals surface area (Å²) in [5, 5.41) is 3.43. The molecule has 1 aliphatic rings. The molecule has 1 saturated heterocycles. The van der Waals surface area contributed by atoms with Crippen LogP contribution in [0.15, 0.2) is 42.5 Å². The Labute approximate surface area is 166 Å². The Kier molecular flexibility index (Phi) is 5.13. The lowest BCUT2D eigenvalue weighted by Gasteiger charge is -2.23. The van der Waals surface area contributed by atoms with Gasteiger partial charge in [-0.25, -0.2) is 9.59 Å². The molecule has 0 radical (unpaired) electrons. The molecule has 6 nitrogen and oxygen atoms in total. The molecule has 0 unspecified atom stereocenters. The van der Waals surface area contributed by atoms with E-state index in [-0.39, 0.29) is 6.54 Å². The van der Waals surface area contributed by atoms with Gasteiger partial charge < -0.3 is 10.1 Å². The quantitative estimate of drug-likeness (QED) is 0.619. The fourth-order valence-electron chi connectivity index (χ4n) is 2.96. The minimum Gasteiger partial charge on any atom is -0.465 e. The van der Waals surface area contributed by atoms with Gasteiger partial charge in [-0.05, 0) is 36.8 Å². The molecule has 3 rings (SSSR count). The molecule has 2 aromatic rings. The minimum atomic E-state index is -1.29. The van der Waals surface area contributed by atoms with Gasteiger partial charge in [-0.2, -0.15) is 0 Å². The van der Waals surface area contributed by atoms with Crippen molar-refractivity contribution in [3.8, 4) is 0 Å². The van der Waals surface area contributed by atoms with Crippen molar-refractivity contribution in [1.82, 2.24) is 10.2 Å². The lowest BCUT2D eigenvalue weighted by Crippen LogP contribution is -2.41. The molecule has 8 heteroatoms. The highest BCUT2D eigenvalue weighted by Gasteiger charge is 2.49. The van der Waals surface area contributed by atoms with Gasteiger partial charge in [0.15, 0.2) is 0 Å². The molecular formula is C19H16Cl2N2O4. The van der Waals surface area contributed by atoms with Crippen LogP contribution < -0.4 is 5.32 Å². The topological polar surface area (TPSA) is 75.7 Å². The van der Waals surface area contributed by atoms with Crippen LogP contribution in [0, 0.1) is 0 Å². The minimum absolute atomic E-state index is 0.0624.